The molecule has 1 aromatic rings. The third-order valence-electron chi connectivity index (χ3n) is 3.59. The largest absolute Gasteiger partial charge is 0.489 e. The van der Waals surface area contributed by atoms with Gasteiger partial charge in [-0.1, -0.05) is 37.3 Å². The lowest BCUT2D eigenvalue weighted by molar-refractivity contribution is 0.208. The van der Waals surface area contributed by atoms with E-state index >= 15 is 0 Å². The topological polar surface area (TPSA) is 9.23 Å². The van der Waals surface area contributed by atoms with Gasteiger partial charge in [-0.25, -0.2) is 0 Å². The highest BCUT2D eigenvalue weighted by Crippen LogP contribution is 2.37. The van der Waals surface area contributed by atoms with Gasteiger partial charge in [-0.2, -0.15) is 0 Å². The van der Waals surface area contributed by atoms with Gasteiger partial charge in [0.15, 0.2) is 0 Å². The van der Waals surface area contributed by atoms with Crippen LogP contribution in [0.25, 0.3) is 0 Å². The van der Waals surface area contributed by atoms with E-state index in [9.17, 15) is 0 Å². The summed E-state index contributed by atoms with van der Waals surface area (Å²) < 4.78 is 5.90. The molecule has 0 saturated heterocycles. The van der Waals surface area contributed by atoms with Gasteiger partial charge in [0.25, 0.3) is 0 Å². The van der Waals surface area contributed by atoms with Crippen LogP contribution in [0.1, 0.15) is 36.8 Å². The summed E-state index contributed by atoms with van der Waals surface area (Å²) in [5, 5.41) is 0. The summed E-state index contributed by atoms with van der Waals surface area (Å²) >= 11 is 0. The van der Waals surface area contributed by atoms with Gasteiger partial charge in [-0.05, 0) is 35.6 Å². The molecule has 1 heteroatoms. The summed E-state index contributed by atoms with van der Waals surface area (Å²) in [6, 6.07) is 8.63. The van der Waals surface area contributed by atoms with E-state index in [4.69, 9.17) is 4.74 Å². The lowest BCUT2D eigenvalue weighted by Gasteiger charge is -2.19. The molecule has 1 heterocycles. The number of allylic oxidation sites excluding steroid dienone is 3. The minimum Gasteiger partial charge on any atom is -0.489 e. The Hall–Kier alpha value is -1.50. The zero-order valence-electron chi connectivity index (χ0n) is 9.57. The number of benzene rings is 1. The Morgan fingerprint density at radius 1 is 1.25 bits per heavy atom. The molecule has 0 radical (unpaired) electrons. The molecule has 0 amide bonds. The van der Waals surface area contributed by atoms with Crippen LogP contribution in [0.15, 0.2) is 47.7 Å². The van der Waals surface area contributed by atoms with Crippen LogP contribution < -0.4 is 0 Å². The molecule has 0 fully saturated rings. The van der Waals surface area contributed by atoms with Crippen molar-refractivity contribution in [2.45, 2.75) is 32.3 Å². The van der Waals surface area contributed by atoms with Gasteiger partial charge in [0.2, 0.25) is 0 Å². The Balaban J connectivity index is 2.09. The van der Waals surface area contributed by atoms with E-state index in [0.29, 0.717) is 12.5 Å². The van der Waals surface area contributed by atoms with Crippen molar-refractivity contribution < 1.29 is 4.74 Å². The average Bonchev–Trinajstić information content (AvgIpc) is 2.49. The summed E-state index contributed by atoms with van der Waals surface area (Å²) in [6.45, 7) is 3.01. The Kier molecular flexibility index (Phi) is 2.32. The molecule has 3 rings (SSSR count). The lowest BCUT2D eigenvalue weighted by atomic mass is 9.86. The first-order valence-electron chi connectivity index (χ1n) is 5.96. The Morgan fingerprint density at radius 2 is 2.12 bits per heavy atom. The van der Waals surface area contributed by atoms with E-state index in [-0.39, 0.29) is 0 Å². The fraction of sp³-hybridized carbons (Fsp3) is 0.333. The van der Waals surface area contributed by atoms with Crippen LogP contribution in [-0.4, -0.2) is 0 Å². The first-order valence-corrected chi connectivity index (χ1v) is 5.96. The van der Waals surface area contributed by atoms with Crippen molar-refractivity contribution in [1.82, 2.24) is 0 Å². The molecule has 0 bridgehead atoms. The standard InChI is InChI=1S/C15H16O/c1-11-13-7-3-2-6-12(13)10-16-15-9-5-4-8-14(11)15/h2-3,5-7,9,11H,4,8,10H2,1H3. The van der Waals surface area contributed by atoms with E-state index in [0.717, 1.165) is 18.6 Å². The molecule has 1 unspecified atom stereocenters. The average molecular weight is 212 g/mol. The summed E-state index contributed by atoms with van der Waals surface area (Å²) in [5.41, 5.74) is 4.23. The number of hydrogen-bond acceptors (Lipinski definition) is 1. The second kappa shape index (κ2) is 3.82. The third kappa shape index (κ3) is 1.47. The third-order valence-corrected chi connectivity index (χ3v) is 3.59. The van der Waals surface area contributed by atoms with Crippen LogP contribution in [0.3, 0.4) is 0 Å². The van der Waals surface area contributed by atoms with Crippen LogP contribution in [0, 0.1) is 0 Å². The highest BCUT2D eigenvalue weighted by Gasteiger charge is 2.23. The summed E-state index contributed by atoms with van der Waals surface area (Å²) in [7, 11) is 0. The Morgan fingerprint density at radius 3 is 3.06 bits per heavy atom. The van der Waals surface area contributed by atoms with Crippen LogP contribution in [-0.2, 0) is 11.3 Å². The molecule has 1 atom stereocenters. The second-order valence-corrected chi connectivity index (χ2v) is 4.54. The molecule has 1 aromatic carbocycles. The van der Waals surface area contributed by atoms with Gasteiger partial charge in [-0.15, -0.1) is 0 Å². The van der Waals surface area contributed by atoms with Gasteiger partial charge in [0.1, 0.15) is 12.4 Å². The first kappa shape index (κ1) is 9.71. The number of ether oxygens (including phenoxy) is 1. The smallest absolute Gasteiger partial charge is 0.119 e. The second-order valence-electron chi connectivity index (χ2n) is 4.54. The van der Waals surface area contributed by atoms with E-state index in [2.05, 4.69) is 43.3 Å². The summed E-state index contributed by atoms with van der Waals surface area (Å²) in [4.78, 5) is 0. The highest BCUT2D eigenvalue weighted by molar-refractivity contribution is 5.41. The molecule has 2 aliphatic rings. The molecule has 1 nitrogen and oxygen atoms in total. The normalized spacial score (nSPS) is 23.2. The maximum absolute atomic E-state index is 5.90. The van der Waals surface area contributed by atoms with Crippen molar-refractivity contribution in [3.63, 3.8) is 0 Å². The summed E-state index contributed by atoms with van der Waals surface area (Å²) in [5.74, 6) is 1.61. The van der Waals surface area contributed by atoms with Crippen molar-refractivity contribution in [3.05, 3.63) is 58.9 Å². The minimum absolute atomic E-state index is 0.499. The van der Waals surface area contributed by atoms with Gasteiger partial charge >= 0.3 is 0 Å². The highest BCUT2D eigenvalue weighted by atomic mass is 16.5. The van der Waals surface area contributed by atoms with E-state index in [1.54, 1.807) is 0 Å². The Labute approximate surface area is 96.4 Å². The van der Waals surface area contributed by atoms with Gasteiger partial charge < -0.3 is 4.74 Å². The lowest BCUT2D eigenvalue weighted by Crippen LogP contribution is -2.03. The Bertz CT molecular complexity index is 468. The van der Waals surface area contributed by atoms with E-state index in [1.165, 1.54) is 16.7 Å². The minimum atomic E-state index is 0.499. The predicted molar refractivity (Wildman–Crippen MR) is 65.0 cm³/mol. The molecule has 0 aromatic heterocycles. The quantitative estimate of drug-likeness (QED) is 0.633. The first-order chi connectivity index (χ1) is 7.86. The van der Waals surface area contributed by atoms with E-state index < -0.39 is 0 Å². The van der Waals surface area contributed by atoms with Crippen LogP contribution in [0.2, 0.25) is 0 Å². The van der Waals surface area contributed by atoms with Crippen LogP contribution >= 0.6 is 0 Å². The zero-order valence-corrected chi connectivity index (χ0v) is 9.57. The molecule has 82 valence electrons. The van der Waals surface area contributed by atoms with Crippen molar-refractivity contribution in [1.29, 1.82) is 0 Å². The fourth-order valence-corrected chi connectivity index (χ4v) is 2.66. The zero-order chi connectivity index (χ0) is 11.0. The molecule has 0 spiro atoms. The number of fused-ring (bicyclic) bond motifs is 1. The predicted octanol–water partition coefficient (Wildman–Crippen LogP) is 3.92. The molecule has 1 aliphatic carbocycles. The SMILES string of the molecule is CC1C2=C(C=CCC2)OCc2ccccc21. The van der Waals surface area contributed by atoms with Gasteiger partial charge in [-0.3, -0.25) is 0 Å². The van der Waals surface area contributed by atoms with Crippen LogP contribution in [0.5, 0.6) is 0 Å². The van der Waals surface area contributed by atoms with Crippen molar-refractivity contribution in [2.75, 3.05) is 0 Å². The van der Waals surface area contributed by atoms with Crippen molar-refractivity contribution in [2.24, 2.45) is 0 Å². The monoisotopic (exact) mass is 212 g/mol. The molecular weight excluding hydrogens is 196 g/mol. The number of rotatable bonds is 0. The molecule has 0 N–H and O–H groups in total. The van der Waals surface area contributed by atoms with Crippen molar-refractivity contribution in [3.8, 4) is 0 Å². The fourth-order valence-electron chi connectivity index (χ4n) is 2.66. The molecule has 0 saturated carbocycles. The van der Waals surface area contributed by atoms with Crippen LogP contribution in [0.4, 0.5) is 0 Å². The maximum atomic E-state index is 5.90. The molecule has 1 aliphatic heterocycles. The number of hydrogen-bond donors (Lipinski definition) is 0. The molecular formula is C15H16O. The van der Waals surface area contributed by atoms with Gasteiger partial charge in [0, 0.05) is 5.92 Å². The van der Waals surface area contributed by atoms with Crippen molar-refractivity contribution >= 4 is 0 Å². The van der Waals surface area contributed by atoms with Gasteiger partial charge in [0.05, 0.1) is 0 Å². The van der Waals surface area contributed by atoms with E-state index in [1.807, 2.05) is 0 Å². The molecule has 16 heavy (non-hydrogen) atoms. The maximum Gasteiger partial charge on any atom is 0.119 e. The summed E-state index contributed by atoms with van der Waals surface area (Å²) in [6.07, 6.45) is 6.64.